The topological polar surface area (TPSA) is 58.2 Å². The van der Waals surface area contributed by atoms with Crippen molar-refractivity contribution in [2.24, 2.45) is 0 Å². The van der Waals surface area contributed by atoms with E-state index in [1.165, 1.54) is 0 Å². The second-order valence-electron chi connectivity index (χ2n) is 5.14. The average Bonchev–Trinajstić information content (AvgIpc) is 3.00. The van der Waals surface area contributed by atoms with Crippen molar-refractivity contribution in [3.8, 4) is 12.3 Å². The summed E-state index contributed by atoms with van der Waals surface area (Å²) in [6, 6.07) is 5.54. The van der Waals surface area contributed by atoms with Gasteiger partial charge in [-0.3, -0.25) is 4.79 Å². The van der Waals surface area contributed by atoms with Crippen LogP contribution >= 0.6 is 0 Å². The molecule has 1 amide bonds. The Balaban J connectivity index is 1.65. The Labute approximate surface area is 123 Å². The van der Waals surface area contributed by atoms with Gasteiger partial charge in [0.2, 0.25) is 0 Å². The maximum absolute atomic E-state index is 12.5. The Bertz CT molecular complexity index is 678. The standard InChI is InChI=1S/C16H17N3O2/c1-2-9-21-13-5-7-19(8-6-13)16(20)12-3-4-14-15(10-12)18-11-17-14/h1,3-4,10-11,13H,5-9H2,(H,17,18). The Morgan fingerprint density at radius 3 is 3.05 bits per heavy atom. The normalized spacial score (nSPS) is 16.0. The van der Waals surface area contributed by atoms with E-state index in [1.807, 2.05) is 23.1 Å². The van der Waals surface area contributed by atoms with Crippen LogP contribution in [0.3, 0.4) is 0 Å². The molecular weight excluding hydrogens is 266 g/mol. The van der Waals surface area contributed by atoms with Gasteiger partial charge in [0.15, 0.2) is 0 Å². The number of benzene rings is 1. The lowest BCUT2D eigenvalue weighted by molar-refractivity contribution is 0.0231. The van der Waals surface area contributed by atoms with E-state index in [0.717, 1.165) is 23.9 Å². The fraction of sp³-hybridized carbons (Fsp3) is 0.375. The molecule has 2 aromatic rings. The Hall–Kier alpha value is -2.32. The van der Waals surface area contributed by atoms with Gasteiger partial charge in [-0.15, -0.1) is 6.42 Å². The highest BCUT2D eigenvalue weighted by Crippen LogP contribution is 2.18. The third kappa shape index (κ3) is 2.91. The highest BCUT2D eigenvalue weighted by atomic mass is 16.5. The fourth-order valence-electron chi connectivity index (χ4n) is 2.64. The number of H-pyrrole nitrogens is 1. The Morgan fingerprint density at radius 2 is 2.29 bits per heavy atom. The van der Waals surface area contributed by atoms with Crippen LogP contribution in [0.25, 0.3) is 11.0 Å². The van der Waals surface area contributed by atoms with Gasteiger partial charge in [-0.25, -0.2) is 4.98 Å². The molecule has 0 unspecified atom stereocenters. The molecule has 0 spiro atoms. The zero-order chi connectivity index (χ0) is 14.7. The van der Waals surface area contributed by atoms with Gasteiger partial charge in [0.1, 0.15) is 6.61 Å². The molecule has 1 aromatic heterocycles. The molecule has 3 rings (SSSR count). The number of piperidine rings is 1. The van der Waals surface area contributed by atoms with Crippen molar-refractivity contribution in [3.05, 3.63) is 30.1 Å². The number of carbonyl (C=O) groups is 1. The first-order valence-corrected chi connectivity index (χ1v) is 7.05. The van der Waals surface area contributed by atoms with Crippen LogP contribution in [0.4, 0.5) is 0 Å². The summed E-state index contributed by atoms with van der Waals surface area (Å²) in [6.45, 7) is 1.75. The van der Waals surface area contributed by atoms with Gasteiger partial charge in [-0.05, 0) is 31.0 Å². The van der Waals surface area contributed by atoms with Crippen molar-refractivity contribution in [2.45, 2.75) is 18.9 Å². The maximum Gasteiger partial charge on any atom is 0.253 e. The van der Waals surface area contributed by atoms with Gasteiger partial charge in [0, 0.05) is 18.7 Å². The molecule has 1 aromatic carbocycles. The number of rotatable bonds is 3. The summed E-state index contributed by atoms with van der Waals surface area (Å²) in [6.07, 6.45) is 8.65. The lowest BCUT2D eigenvalue weighted by atomic mass is 10.1. The number of fused-ring (bicyclic) bond motifs is 1. The second kappa shape index (κ2) is 5.98. The van der Waals surface area contributed by atoms with Gasteiger partial charge in [-0.2, -0.15) is 0 Å². The summed E-state index contributed by atoms with van der Waals surface area (Å²) in [4.78, 5) is 21.6. The van der Waals surface area contributed by atoms with Crippen molar-refractivity contribution < 1.29 is 9.53 Å². The second-order valence-corrected chi connectivity index (χ2v) is 5.14. The predicted molar refractivity (Wildman–Crippen MR) is 79.8 cm³/mol. The molecule has 0 atom stereocenters. The minimum Gasteiger partial charge on any atom is -0.365 e. The van der Waals surface area contributed by atoms with Crippen LogP contribution < -0.4 is 0 Å². The first kappa shape index (κ1) is 13.7. The molecule has 1 fully saturated rings. The number of terminal acetylenes is 1. The first-order valence-electron chi connectivity index (χ1n) is 7.05. The van der Waals surface area contributed by atoms with Crippen LogP contribution in [-0.4, -0.2) is 46.6 Å². The van der Waals surface area contributed by atoms with E-state index in [0.29, 0.717) is 25.3 Å². The predicted octanol–water partition coefficient (Wildman–Crippen LogP) is 1.82. The van der Waals surface area contributed by atoms with Crippen molar-refractivity contribution in [3.63, 3.8) is 0 Å². The summed E-state index contributed by atoms with van der Waals surface area (Å²) in [7, 11) is 0. The molecule has 2 heterocycles. The molecule has 0 radical (unpaired) electrons. The Morgan fingerprint density at radius 1 is 1.48 bits per heavy atom. The number of nitrogens with one attached hydrogen (secondary N) is 1. The Kier molecular flexibility index (Phi) is 3.89. The number of imidazole rings is 1. The van der Waals surface area contributed by atoms with Crippen LogP contribution in [0.5, 0.6) is 0 Å². The molecular formula is C16H17N3O2. The van der Waals surface area contributed by atoms with Crippen molar-refractivity contribution in [1.29, 1.82) is 0 Å². The minimum atomic E-state index is 0.0573. The van der Waals surface area contributed by atoms with Crippen molar-refractivity contribution >= 4 is 16.9 Å². The molecule has 1 aliphatic heterocycles. The summed E-state index contributed by atoms with van der Waals surface area (Å²) in [5.74, 6) is 2.53. The van der Waals surface area contributed by atoms with E-state index >= 15 is 0 Å². The lowest BCUT2D eigenvalue weighted by Gasteiger charge is -2.31. The number of aromatic nitrogens is 2. The monoisotopic (exact) mass is 283 g/mol. The fourth-order valence-corrected chi connectivity index (χ4v) is 2.64. The zero-order valence-electron chi connectivity index (χ0n) is 11.7. The van der Waals surface area contributed by atoms with Gasteiger partial charge < -0.3 is 14.6 Å². The summed E-state index contributed by atoms with van der Waals surface area (Å²) < 4.78 is 5.53. The molecule has 0 aliphatic carbocycles. The first-order chi connectivity index (χ1) is 10.3. The zero-order valence-corrected chi connectivity index (χ0v) is 11.7. The highest BCUT2D eigenvalue weighted by Gasteiger charge is 2.24. The third-order valence-electron chi connectivity index (χ3n) is 3.80. The average molecular weight is 283 g/mol. The molecule has 1 aliphatic rings. The van der Waals surface area contributed by atoms with Gasteiger partial charge in [0.05, 0.1) is 23.5 Å². The molecule has 21 heavy (non-hydrogen) atoms. The lowest BCUT2D eigenvalue weighted by Crippen LogP contribution is -2.40. The van der Waals surface area contributed by atoms with Gasteiger partial charge in [0.25, 0.3) is 5.91 Å². The molecule has 108 valence electrons. The van der Waals surface area contributed by atoms with E-state index < -0.39 is 0 Å². The number of carbonyl (C=O) groups excluding carboxylic acids is 1. The number of amides is 1. The van der Waals surface area contributed by atoms with E-state index in [4.69, 9.17) is 11.2 Å². The van der Waals surface area contributed by atoms with E-state index in [2.05, 4.69) is 15.9 Å². The number of likely N-dealkylation sites (tertiary alicyclic amines) is 1. The smallest absolute Gasteiger partial charge is 0.253 e. The SMILES string of the molecule is C#CCOC1CCN(C(=O)c2ccc3nc[nH]c3c2)CC1. The molecule has 1 saturated heterocycles. The van der Waals surface area contributed by atoms with E-state index in [-0.39, 0.29) is 12.0 Å². The van der Waals surface area contributed by atoms with Crippen LogP contribution in [0, 0.1) is 12.3 Å². The van der Waals surface area contributed by atoms with Gasteiger partial charge >= 0.3 is 0 Å². The van der Waals surface area contributed by atoms with E-state index in [1.54, 1.807) is 6.33 Å². The maximum atomic E-state index is 12.5. The highest BCUT2D eigenvalue weighted by molar-refractivity contribution is 5.97. The molecule has 5 heteroatoms. The number of aromatic amines is 1. The van der Waals surface area contributed by atoms with E-state index in [9.17, 15) is 4.79 Å². The van der Waals surface area contributed by atoms with Crippen molar-refractivity contribution in [1.82, 2.24) is 14.9 Å². The number of hydrogen-bond acceptors (Lipinski definition) is 3. The summed E-state index contributed by atoms with van der Waals surface area (Å²) in [5, 5.41) is 0. The van der Waals surface area contributed by atoms with Crippen LogP contribution in [-0.2, 0) is 4.74 Å². The summed E-state index contributed by atoms with van der Waals surface area (Å²) in [5.41, 5.74) is 2.44. The van der Waals surface area contributed by atoms with Gasteiger partial charge in [-0.1, -0.05) is 5.92 Å². The number of ether oxygens (including phenoxy) is 1. The third-order valence-corrected chi connectivity index (χ3v) is 3.80. The largest absolute Gasteiger partial charge is 0.365 e. The molecule has 0 saturated carbocycles. The summed E-state index contributed by atoms with van der Waals surface area (Å²) >= 11 is 0. The van der Waals surface area contributed by atoms with Crippen molar-refractivity contribution in [2.75, 3.05) is 19.7 Å². The molecule has 1 N–H and O–H groups in total. The van der Waals surface area contributed by atoms with Crippen LogP contribution in [0.15, 0.2) is 24.5 Å². The molecule has 5 nitrogen and oxygen atoms in total. The minimum absolute atomic E-state index is 0.0573. The van der Waals surface area contributed by atoms with Crippen LogP contribution in [0.2, 0.25) is 0 Å². The molecule has 0 bridgehead atoms. The number of nitrogens with zero attached hydrogens (tertiary/aromatic N) is 2. The van der Waals surface area contributed by atoms with Crippen LogP contribution in [0.1, 0.15) is 23.2 Å². The quantitative estimate of drug-likeness (QED) is 0.874. The number of hydrogen-bond donors (Lipinski definition) is 1.